The molecule has 2 aromatic rings. The second-order valence-electron chi connectivity index (χ2n) is 7.93. The third-order valence-corrected chi connectivity index (χ3v) is 8.40. The minimum absolute atomic E-state index is 0. The van der Waals surface area contributed by atoms with Gasteiger partial charge in [-0.1, -0.05) is 18.2 Å². The number of para-hydroxylation sites is 1. The Balaban J connectivity index is 0.00000256. The molecule has 1 heterocycles. The molecule has 4 rings (SSSR count). The van der Waals surface area contributed by atoms with Gasteiger partial charge >= 0.3 is 5.97 Å². The smallest absolute Gasteiger partial charge is 0.325 e. The van der Waals surface area contributed by atoms with E-state index in [1.807, 2.05) is 18.2 Å². The van der Waals surface area contributed by atoms with Gasteiger partial charge < -0.3 is 14.7 Å². The van der Waals surface area contributed by atoms with Crippen molar-refractivity contribution >= 4 is 28.2 Å². The Morgan fingerprint density at radius 3 is 2.10 bits per heavy atom. The maximum atomic E-state index is 13.3. The van der Waals surface area contributed by atoms with Crippen molar-refractivity contribution in [3.8, 4) is 11.5 Å². The Bertz CT molecular complexity index is 966. The standard InChI is InChI=1S/C22H25NO5S.ClH/c24-21(25)22(12-14-23(15-13-22)16-17-6-7-17)29(26,27)20-10-8-19(9-11-20)28-18-4-2-1-3-5-18;/h1-5,8-11,17H,6-7,12-16H2,(H,24,25);1H. The Labute approximate surface area is 183 Å². The number of halogens is 1. The Morgan fingerprint density at radius 1 is 1.00 bits per heavy atom. The number of likely N-dealkylation sites (tertiary alicyclic amines) is 1. The van der Waals surface area contributed by atoms with Crippen LogP contribution in [0.1, 0.15) is 25.7 Å². The van der Waals surface area contributed by atoms with E-state index >= 15 is 0 Å². The maximum Gasteiger partial charge on any atom is 0.325 e. The average Bonchev–Trinajstić information content (AvgIpc) is 3.53. The number of carbonyl (C=O) groups is 1. The van der Waals surface area contributed by atoms with Crippen LogP contribution in [-0.4, -0.2) is 48.8 Å². The van der Waals surface area contributed by atoms with Gasteiger partial charge in [0.25, 0.3) is 0 Å². The van der Waals surface area contributed by atoms with E-state index in [1.165, 1.54) is 25.0 Å². The van der Waals surface area contributed by atoms with Gasteiger partial charge in [0.1, 0.15) is 11.5 Å². The fraction of sp³-hybridized carbons (Fsp3) is 0.409. The molecule has 1 N–H and O–H groups in total. The highest BCUT2D eigenvalue weighted by Gasteiger charge is 2.53. The predicted octanol–water partition coefficient (Wildman–Crippen LogP) is 4.00. The summed E-state index contributed by atoms with van der Waals surface area (Å²) in [6, 6.07) is 15.2. The number of ether oxygens (including phenoxy) is 1. The number of rotatable bonds is 7. The molecule has 1 aliphatic heterocycles. The van der Waals surface area contributed by atoms with Crippen molar-refractivity contribution in [2.45, 2.75) is 35.3 Å². The molecule has 6 nitrogen and oxygen atoms in total. The molecule has 0 radical (unpaired) electrons. The van der Waals surface area contributed by atoms with E-state index in [0.717, 1.165) is 6.54 Å². The molecule has 1 saturated heterocycles. The molecule has 8 heteroatoms. The van der Waals surface area contributed by atoms with E-state index in [2.05, 4.69) is 4.90 Å². The monoisotopic (exact) mass is 451 g/mol. The first-order chi connectivity index (χ1) is 13.9. The van der Waals surface area contributed by atoms with Crippen molar-refractivity contribution in [3.05, 3.63) is 54.6 Å². The van der Waals surface area contributed by atoms with Crippen LogP contribution in [0.4, 0.5) is 0 Å². The van der Waals surface area contributed by atoms with Gasteiger partial charge in [0.15, 0.2) is 14.6 Å². The Morgan fingerprint density at radius 2 is 1.57 bits per heavy atom. The van der Waals surface area contributed by atoms with Crippen LogP contribution in [0.3, 0.4) is 0 Å². The minimum Gasteiger partial charge on any atom is -0.480 e. The van der Waals surface area contributed by atoms with Crippen molar-refractivity contribution in [3.63, 3.8) is 0 Å². The summed E-state index contributed by atoms with van der Waals surface area (Å²) in [5, 5.41) is 9.89. The van der Waals surface area contributed by atoms with Gasteiger partial charge in [-0.3, -0.25) is 4.79 Å². The van der Waals surface area contributed by atoms with Gasteiger partial charge in [-0.05, 0) is 68.0 Å². The molecule has 30 heavy (non-hydrogen) atoms. The lowest BCUT2D eigenvalue weighted by molar-refractivity contribution is -0.141. The summed E-state index contributed by atoms with van der Waals surface area (Å²) in [5.74, 6) is 0.584. The molecule has 2 aromatic carbocycles. The van der Waals surface area contributed by atoms with E-state index in [9.17, 15) is 18.3 Å². The highest BCUT2D eigenvalue weighted by Crippen LogP contribution is 2.38. The number of aliphatic carboxylic acids is 1. The Kier molecular flexibility index (Phi) is 6.75. The highest BCUT2D eigenvalue weighted by molar-refractivity contribution is 7.93. The lowest BCUT2D eigenvalue weighted by atomic mass is 9.95. The number of hydrogen-bond donors (Lipinski definition) is 1. The largest absolute Gasteiger partial charge is 0.480 e. The molecule has 0 atom stereocenters. The Hall–Kier alpha value is -2.09. The second kappa shape index (κ2) is 8.96. The van der Waals surface area contributed by atoms with Gasteiger partial charge in [0.05, 0.1) is 4.90 Å². The summed E-state index contributed by atoms with van der Waals surface area (Å²) in [4.78, 5) is 14.3. The molecule has 1 saturated carbocycles. The number of nitrogens with zero attached hydrogens (tertiary/aromatic N) is 1. The zero-order valence-electron chi connectivity index (χ0n) is 16.6. The van der Waals surface area contributed by atoms with Gasteiger partial charge in [-0.2, -0.15) is 0 Å². The summed E-state index contributed by atoms with van der Waals surface area (Å²) in [7, 11) is -4.03. The van der Waals surface area contributed by atoms with Crippen molar-refractivity contribution in [2.75, 3.05) is 19.6 Å². The van der Waals surface area contributed by atoms with Crippen molar-refractivity contribution in [1.29, 1.82) is 0 Å². The van der Waals surface area contributed by atoms with Crippen LogP contribution in [0.25, 0.3) is 0 Å². The summed E-state index contributed by atoms with van der Waals surface area (Å²) in [6.07, 6.45) is 2.66. The fourth-order valence-electron chi connectivity index (χ4n) is 3.90. The summed E-state index contributed by atoms with van der Waals surface area (Å²) >= 11 is 0. The second-order valence-corrected chi connectivity index (χ2v) is 10.2. The number of sulfone groups is 1. The molecule has 0 unspecified atom stereocenters. The molecule has 1 aliphatic carbocycles. The van der Waals surface area contributed by atoms with E-state index < -0.39 is 20.6 Å². The molecule has 2 aliphatic rings. The van der Waals surface area contributed by atoms with Crippen LogP contribution < -0.4 is 4.74 Å². The molecule has 0 aromatic heterocycles. The third kappa shape index (κ3) is 4.48. The summed E-state index contributed by atoms with van der Waals surface area (Å²) in [5.41, 5.74) is 0. The molecular formula is C22H26ClNO5S. The zero-order valence-corrected chi connectivity index (χ0v) is 18.2. The van der Waals surface area contributed by atoms with Crippen molar-refractivity contribution in [2.24, 2.45) is 5.92 Å². The van der Waals surface area contributed by atoms with Gasteiger partial charge in [0.2, 0.25) is 0 Å². The number of hydrogen-bond acceptors (Lipinski definition) is 5. The number of carboxylic acid groups (broad SMARTS) is 1. The first-order valence-corrected chi connectivity index (χ1v) is 11.4. The van der Waals surface area contributed by atoms with E-state index in [0.29, 0.717) is 30.5 Å². The third-order valence-electron chi connectivity index (χ3n) is 5.89. The highest BCUT2D eigenvalue weighted by atomic mass is 35.5. The minimum atomic E-state index is -4.03. The number of piperidine rings is 1. The molecular weight excluding hydrogens is 426 g/mol. The van der Waals surface area contributed by atoms with Gasteiger partial charge in [0, 0.05) is 19.6 Å². The van der Waals surface area contributed by atoms with Gasteiger partial charge in [-0.15, -0.1) is 12.4 Å². The molecule has 0 bridgehead atoms. The maximum absolute atomic E-state index is 13.3. The zero-order chi connectivity index (χ0) is 20.5. The fourth-order valence-corrected chi connectivity index (χ4v) is 5.79. The lowest BCUT2D eigenvalue weighted by Crippen LogP contribution is -2.54. The van der Waals surface area contributed by atoms with Crippen molar-refractivity contribution < 1.29 is 23.1 Å². The van der Waals surface area contributed by atoms with E-state index in [-0.39, 0.29) is 30.1 Å². The van der Waals surface area contributed by atoms with Crippen molar-refractivity contribution in [1.82, 2.24) is 4.90 Å². The SMILES string of the molecule is Cl.O=C(O)C1(S(=O)(=O)c2ccc(Oc3ccccc3)cc2)CCN(CC2CC2)CC1. The predicted molar refractivity (Wildman–Crippen MR) is 116 cm³/mol. The van der Waals surface area contributed by atoms with Crippen LogP contribution in [-0.2, 0) is 14.6 Å². The van der Waals surface area contributed by atoms with Crippen LogP contribution in [0.15, 0.2) is 59.5 Å². The van der Waals surface area contributed by atoms with Crippen LogP contribution in [0.5, 0.6) is 11.5 Å². The first kappa shape index (κ1) is 22.6. The lowest BCUT2D eigenvalue weighted by Gasteiger charge is -2.38. The summed E-state index contributed by atoms with van der Waals surface area (Å²) < 4.78 is 30.6. The topological polar surface area (TPSA) is 83.9 Å². The molecule has 162 valence electrons. The molecule has 0 spiro atoms. The summed E-state index contributed by atoms with van der Waals surface area (Å²) in [6.45, 7) is 1.94. The molecule has 0 amide bonds. The van der Waals surface area contributed by atoms with Crippen LogP contribution >= 0.6 is 12.4 Å². The van der Waals surface area contributed by atoms with E-state index in [4.69, 9.17) is 4.74 Å². The average molecular weight is 452 g/mol. The number of carboxylic acids is 1. The normalized spacial score (nSPS) is 18.9. The van der Waals surface area contributed by atoms with E-state index in [1.54, 1.807) is 24.3 Å². The quantitative estimate of drug-likeness (QED) is 0.684. The number of benzene rings is 2. The van der Waals surface area contributed by atoms with Crippen LogP contribution in [0, 0.1) is 5.92 Å². The first-order valence-electron chi connectivity index (χ1n) is 9.94. The molecule has 2 fully saturated rings. The van der Waals surface area contributed by atoms with Crippen LogP contribution in [0.2, 0.25) is 0 Å². The van der Waals surface area contributed by atoms with Gasteiger partial charge in [-0.25, -0.2) is 8.42 Å².